The van der Waals surface area contributed by atoms with Gasteiger partial charge in [-0.05, 0) is 51.4 Å². The van der Waals surface area contributed by atoms with Crippen LogP contribution in [0.2, 0.25) is 0 Å². The number of nitrogens with one attached hydrogen (secondary N) is 2. The highest BCUT2D eigenvalue weighted by Gasteiger charge is 2.15. The molecule has 0 saturated carbocycles. The van der Waals surface area contributed by atoms with Crippen LogP contribution in [0.4, 0.5) is 5.69 Å². The van der Waals surface area contributed by atoms with Gasteiger partial charge in [-0.3, -0.25) is 4.21 Å². The molecule has 0 aliphatic heterocycles. The topological polar surface area (TPSA) is 124 Å². The van der Waals surface area contributed by atoms with Gasteiger partial charge in [-0.15, -0.1) is 0 Å². The van der Waals surface area contributed by atoms with Gasteiger partial charge >= 0.3 is 0 Å². The average molecular weight is 407 g/mol. The van der Waals surface area contributed by atoms with Crippen molar-refractivity contribution in [3.63, 3.8) is 0 Å². The number of benzene rings is 1. The van der Waals surface area contributed by atoms with Gasteiger partial charge in [0, 0.05) is 23.5 Å². The lowest BCUT2D eigenvalue weighted by atomic mass is 10.2. The Bertz CT molecular complexity index is 635. The molecule has 0 amide bonds. The van der Waals surface area contributed by atoms with Crippen LogP contribution in [0.3, 0.4) is 0 Å². The predicted octanol–water partition coefficient (Wildman–Crippen LogP) is 2.19. The molecule has 1 aromatic rings. The molecule has 0 fully saturated rings. The minimum atomic E-state index is -3.43. The molecule has 1 aromatic carbocycles. The van der Waals surface area contributed by atoms with Gasteiger partial charge in [-0.1, -0.05) is 37.4 Å². The Hall–Kier alpha value is -1.00. The fraction of sp³-hybridized carbons (Fsp3) is 0.647. The lowest BCUT2D eigenvalue weighted by molar-refractivity contribution is 0.528. The summed E-state index contributed by atoms with van der Waals surface area (Å²) in [5.41, 5.74) is 6.26. The van der Waals surface area contributed by atoms with Gasteiger partial charge in [0.2, 0.25) is 10.0 Å². The quantitative estimate of drug-likeness (QED) is 0.404. The van der Waals surface area contributed by atoms with E-state index in [1.54, 1.807) is 45.9 Å². The summed E-state index contributed by atoms with van der Waals surface area (Å²) < 4.78 is 46.1. The van der Waals surface area contributed by atoms with Crippen LogP contribution in [0.25, 0.3) is 0 Å². The lowest BCUT2D eigenvalue weighted by Crippen LogP contribution is -2.30. The molecule has 7 nitrogen and oxygen atoms in total. The second kappa shape index (κ2) is 13.2. The molecular weight excluding hydrogens is 374 g/mol. The van der Waals surface area contributed by atoms with Crippen LogP contribution >= 0.6 is 0 Å². The van der Waals surface area contributed by atoms with Crippen LogP contribution < -0.4 is 15.8 Å². The van der Waals surface area contributed by atoms with E-state index in [0.717, 1.165) is 31.5 Å². The molecule has 1 atom stereocenters. The number of hydrogen-bond donors (Lipinski definition) is 3. The zero-order valence-electron chi connectivity index (χ0n) is 16.0. The monoisotopic (exact) mass is 406 g/mol. The van der Waals surface area contributed by atoms with E-state index >= 15 is 0 Å². The van der Waals surface area contributed by atoms with Crippen LogP contribution in [0, 0.1) is 0 Å². The number of hydrogen-bond acceptors (Lipinski definition) is 6. The molecule has 1 unspecified atom stereocenters. The Morgan fingerprint density at radius 1 is 1.15 bits per heavy atom. The molecule has 0 bridgehead atoms. The Morgan fingerprint density at radius 2 is 1.77 bits per heavy atom. The maximum Gasteiger partial charge on any atom is 0.240 e. The van der Waals surface area contributed by atoms with Crippen LogP contribution in [0.15, 0.2) is 29.2 Å². The van der Waals surface area contributed by atoms with Crippen molar-refractivity contribution in [2.24, 2.45) is 5.73 Å². The van der Waals surface area contributed by atoms with Crippen molar-refractivity contribution >= 4 is 26.8 Å². The maximum absolute atomic E-state index is 12.1. The first-order chi connectivity index (χ1) is 12.1. The van der Waals surface area contributed by atoms with E-state index < -0.39 is 21.1 Å². The van der Waals surface area contributed by atoms with E-state index in [9.17, 15) is 17.2 Å². The van der Waals surface area contributed by atoms with Crippen molar-refractivity contribution < 1.29 is 17.2 Å². The summed E-state index contributed by atoms with van der Waals surface area (Å²) in [6.45, 7) is 8.40. The van der Waals surface area contributed by atoms with Crippen molar-refractivity contribution in [1.29, 1.82) is 0 Å². The zero-order chi connectivity index (χ0) is 20.2. The molecule has 0 aliphatic rings. The average Bonchev–Trinajstić information content (AvgIpc) is 2.54. The molecular formula is C17H32N3O4S2-. The van der Waals surface area contributed by atoms with Crippen molar-refractivity contribution in [2.45, 2.75) is 63.1 Å². The third-order valence-electron chi connectivity index (χ3n) is 3.13. The molecule has 0 aliphatic carbocycles. The Kier molecular flexibility index (Phi) is 12.7. The highest BCUT2D eigenvalue weighted by atomic mass is 32.2. The van der Waals surface area contributed by atoms with E-state index in [-0.39, 0.29) is 16.2 Å². The molecule has 26 heavy (non-hydrogen) atoms. The molecule has 152 valence electrons. The summed E-state index contributed by atoms with van der Waals surface area (Å²) in [6.07, 6.45) is 3.13. The summed E-state index contributed by atoms with van der Waals surface area (Å²) in [5.74, 6) is 0. The highest BCUT2D eigenvalue weighted by Crippen LogP contribution is 2.15. The van der Waals surface area contributed by atoms with Crippen molar-refractivity contribution in [2.75, 3.05) is 18.4 Å². The SMILES string of the molecule is CC(C)NS(=O)(=O)c1cccc(NCCCCCN)c1.CC(C)S(=O)[O-]. The summed E-state index contributed by atoms with van der Waals surface area (Å²) >= 11 is -1.87. The molecule has 0 spiro atoms. The summed E-state index contributed by atoms with van der Waals surface area (Å²) in [7, 11) is -3.43. The Balaban J connectivity index is 0.000000896. The number of rotatable bonds is 10. The van der Waals surface area contributed by atoms with Gasteiger partial charge in [0.15, 0.2) is 0 Å². The number of anilines is 1. The van der Waals surface area contributed by atoms with Gasteiger partial charge in [0.1, 0.15) is 0 Å². The molecule has 0 heterocycles. The van der Waals surface area contributed by atoms with Gasteiger partial charge in [0.25, 0.3) is 0 Å². The minimum absolute atomic E-state index is 0.118. The Morgan fingerprint density at radius 3 is 2.27 bits per heavy atom. The normalized spacial score (nSPS) is 12.6. The first-order valence-corrected chi connectivity index (χ1v) is 11.4. The molecule has 0 saturated heterocycles. The van der Waals surface area contributed by atoms with E-state index in [4.69, 9.17) is 5.73 Å². The molecule has 0 radical (unpaired) electrons. The van der Waals surface area contributed by atoms with Gasteiger partial charge < -0.3 is 15.6 Å². The lowest BCUT2D eigenvalue weighted by Gasteiger charge is -2.11. The second-order valence-corrected chi connectivity index (χ2v) is 9.57. The summed E-state index contributed by atoms with van der Waals surface area (Å²) in [6, 6.07) is 6.76. The molecule has 0 aromatic heterocycles. The van der Waals surface area contributed by atoms with E-state index in [1.165, 1.54) is 0 Å². The van der Waals surface area contributed by atoms with Gasteiger partial charge in [-0.2, -0.15) is 0 Å². The second-order valence-electron chi connectivity index (χ2n) is 6.39. The zero-order valence-corrected chi connectivity index (χ0v) is 17.7. The van der Waals surface area contributed by atoms with Crippen LogP contribution in [0.1, 0.15) is 47.0 Å². The smallest absolute Gasteiger partial charge is 0.240 e. The van der Waals surface area contributed by atoms with Crippen LogP contribution in [-0.2, 0) is 21.1 Å². The fourth-order valence-corrected chi connectivity index (χ4v) is 3.13. The minimum Gasteiger partial charge on any atom is -0.772 e. The molecule has 1 rings (SSSR count). The number of unbranched alkanes of at least 4 members (excludes halogenated alkanes) is 2. The van der Waals surface area contributed by atoms with E-state index in [0.29, 0.717) is 6.54 Å². The van der Waals surface area contributed by atoms with Crippen molar-refractivity contribution in [3.05, 3.63) is 24.3 Å². The van der Waals surface area contributed by atoms with Gasteiger partial charge in [-0.25, -0.2) is 13.1 Å². The maximum atomic E-state index is 12.1. The first-order valence-electron chi connectivity index (χ1n) is 8.74. The third kappa shape index (κ3) is 11.6. The highest BCUT2D eigenvalue weighted by molar-refractivity contribution is 7.89. The van der Waals surface area contributed by atoms with Crippen LogP contribution in [0.5, 0.6) is 0 Å². The predicted molar refractivity (Wildman–Crippen MR) is 107 cm³/mol. The largest absolute Gasteiger partial charge is 0.772 e. The number of nitrogens with two attached hydrogens (primary N) is 1. The van der Waals surface area contributed by atoms with Gasteiger partial charge in [0.05, 0.1) is 4.90 Å². The summed E-state index contributed by atoms with van der Waals surface area (Å²) in [5, 5.41) is 3.00. The Labute approximate surface area is 160 Å². The van der Waals surface area contributed by atoms with Crippen LogP contribution in [-0.4, -0.2) is 41.6 Å². The van der Waals surface area contributed by atoms with E-state index in [2.05, 4.69) is 10.0 Å². The summed E-state index contributed by atoms with van der Waals surface area (Å²) in [4.78, 5) is 0.290. The molecule has 9 heteroatoms. The molecule has 4 N–H and O–H groups in total. The third-order valence-corrected chi connectivity index (χ3v) is 5.56. The van der Waals surface area contributed by atoms with Crippen molar-refractivity contribution in [1.82, 2.24) is 4.72 Å². The first kappa shape index (κ1) is 25.0. The standard InChI is InChI=1S/C14H25N3O2S.C3H8O2S/c1-12(2)17-20(18,19)14-8-6-7-13(11-14)16-10-5-3-4-9-15;1-3(2)6(4)5/h6-8,11-12,16-17H,3-5,9-10,15H2,1-2H3;3H,1-2H3,(H,4,5)/p-1. The number of sulfonamides is 1. The van der Waals surface area contributed by atoms with Crippen molar-refractivity contribution in [3.8, 4) is 0 Å². The van der Waals surface area contributed by atoms with E-state index in [1.807, 2.05) is 6.07 Å². The fourth-order valence-electron chi connectivity index (χ4n) is 1.83.